The van der Waals surface area contributed by atoms with Crippen LogP contribution in [0.1, 0.15) is 23.6 Å². The Morgan fingerprint density at radius 3 is 2.53 bits per heavy atom. The van der Waals surface area contributed by atoms with E-state index >= 15 is 0 Å². The Kier molecular flexibility index (Phi) is 7.78. The van der Waals surface area contributed by atoms with Gasteiger partial charge in [-0.3, -0.25) is 0 Å². The van der Waals surface area contributed by atoms with Gasteiger partial charge < -0.3 is 23.8 Å². The van der Waals surface area contributed by atoms with Crippen LogP contribution in [0.4, 0.5) is 18.0 Å². The van der Waals surface area contributed by atoms with E-state index in [1.807, 2.05) is 0 Å². The van der Waals surface area contributed by atoms with Crippen LogP contribution in [-0.2, 0) is 23.8 Å². The second-order valence-corrected chi connectivity index (χ2v) is 6.96. The number of fused-ring (bicyclic) bond motifs is 1. The third-order valence-corrected chi connectivity index (χ3v) is 4.70. The molecule has 0 bridgehead atoms. The lowest BCUT2D eigenvalue weighted by Crippen LogP contribution is -2.41. The number of nitrogens with zero attached hydrogens (tertiary/aromatic N) is 1. The summed E-state index contributed by atoms with van der Waals surface area (Å²) in [5.74, 6) is -1.55. The summed E-state index contributed by atoms with van der Waals surface area (Å²) in [6.07, 6.45) is -9.10. The summed E-state index contributed by atoms with van der Waals surface area (Å²) in [6, 6.07) is 1.32. The first-order valence-electron chi connectivity index (χ1n) is 8.83. The molecule has 1 aliphatic heterocycles. The predicted molar refractivity (Wildman–Crippen MR) is 100 cm³/mol. The van der Waals surface area contributed by atoms with Gasteiger partial charge >= 0.3 is 18.3 Å². The molecule has 2 rings (SSSR count). The molecule has 0 radical (unpaired) electrons. The van der Waals surface area contributed by atoms with Crippen molar-refractivity contribution in [2.75, 3.05) is 13.4 Å². The molecular weight excluding hydrogens is 467 g/mol. The van der Waals surface area contributed by atoms with Crippen LogP contribution in [0.25, 0.3) is 6.08 Å². The fraction of sp³-hybridized carbons (Fsp3) is 0.444. The third kappa shape index (κ3) is 6.15. The smallest absolute Gasteiger partial charge is 0.475 e. The van der Waals surface area contributed by atoms with Gasteiger partial charge in [-0.05, 0) is 44.0 Å². The van der Waals surface area contributed by atoms with Gasteiger partial charge in [0.25, 0.3) is 5.09 Å². The fourth-order valence-electron chi connectivity index (χ4n) is 2.66. The Labute approximate surface area is 183 Å². The number of ether oxygens (including phenoxy) is 4. The molecule has 0 aliphatic carbocycles. The molecular formula is C18H17ClF3NO9. The van der Waals surface area contributed by atoms with Crippen LogP contribution in [0.5, 0.6) is 5.75 Å². The number of hydrogen-bond acceptors (Lipinski definition) is 9. The van der Waals surface area contributed by atoms with E-state index in [1.54, 1.807) is 13.8 Å². The molecule has 0 saturated carbocycles. The van der Waals surface area contributed by atoms with Crippen molar-refractivity contribution in [3.05, 3.63) is 43.5 Å². The summed E-state index contributed by atoms with van der Waals surface area (Å²) >= 11 is 6.13. The Morgan fingerprint density at radius 1 is 1.28 bits per heavy atom. The zero-order chi connectivity index (χ0) is 24.2. The minimum atomic E-state index is -4.95. The molecule has 0 spiro atoms. The van der Waals surface area contributed by atoms with Gasteiger partial charge in [0.05, 0.1) is 5.57 Å². The van der Waals surface area contributed by atoms with E-state index in [9.17, 15) is 32.9 Å². The first kappa shape index (κ1) is 25.0. The molecule has 14 heteroatoms. The van der Waals surface area contributed by atoms with Crippen molar-refractivity contribution in [2.45, 2.75) is 39.2 Å². The molecule has 2 atom stereocenters. The molecule has 32 heavy (non-hydrogen) atoms. The number of carbonyl (C=O) groups excluding carboxylic acids is 2. The summed E-state index contributed by atoms with van der Waals surface area (Å²) in [7, 11) is 0. The molecule has 1 heterocycles. The van der Waals surface area contributed by atoms with Crippen molar-refractivity contribution in [3.63, 3.8) is 0 Å². The van der Waals surface area contributed by atoms with Crippen LogP contribution in [0, 0.1) is 24.0 Å². The number of halogens is 4. The average molecular weight is 484 g/mol. The van der Waals surface area contributed by atoms with Gasteiger partial charge in [0.2, 0.25) is 12.9 Å². The van der Waals surface area contributed by atoms with Crippen LogP contribution < -0.4 is 4.74 Å². The Balaban J connectivity index is 2.07. The zero-order valence-electron chi connectivity index (χ0n) is 16.9. The molecule has 10 nitrogen and oxygen atoms in total. The molecule has 0 N–H and O–H groups in total. The van der Waals surface area contributed by atoms with Crippen molar-refractivity contribution in [3.8, 4) is 5.75 Å². The highest BCUT2D eigenvalue weighted by molar-refractivity contribution is 6.32. The van der Waals surface area contributed by atoms with E-state index in [4.69, 9.17) is 16.3 Å². The van der Waals surface area contributed by atoms with Crippen LogP contribution in [0.15, 0.2) is 11.6 Å². The first-order valence-corrected chi connectivity index (χ1v) is 9.21. The van der Waals surface area contributed by atoms with Gasteiger partial charge in [-0.2, -0.15) is 13.2 Å². The molecule has 1 aromatic rings. The molecule has 1 aliphatic rings. The number of benzene rings is 1. The quantitative estimate of drug-likeness (QED) is 0.245. The van der Waals surface area contributed by atoms with Gasteiger partial charge in [0.15, 0.2) is 0 Å². The lowest BCUT2D eigenvalue weighted by molar-refractivity contribution is -0.767. The monoisotopic (exact) mass is 483 g/mol. The van der Waals surface area contributed by atoms with Crippen LogP contribution >= 0.6 is 11.6 Å². The molecule has 1 unspecified atom stereocenters. The summed E-state index contributed by atoms with van der Waals surface area (Å²) in [5.41, 5.74) is 0.192. The van der Waals surface area contributed by atoms with Gasteiger partial charge in [0, 0.05) is 10.6 Å². The van der Waals surface area contributed by atoms with Crippen LogP contribution in [0.2, 0.25) is 5.02 Å². The average Bonchev–Trinajstić information content (AvgIpc) is 2.68. The van der Waals surface area contributed by atoms with E-state index < -0.39 is 54.6 Å². The van der Waals surface area contributed by atoms with E-state index in [0.29, 0.717) is 16.1 Å². The maximum absolute atomic E-state index is 13.5. The number of hydrogen-bond donors (Lipinski definition) is 0. The highest BCUT2D eigenvalue weighted by Crippen LogP contribution is 2.41. The van der Waals surface area contributed by atoms with E-state index in [0.717, 1.165) is 6.08 Å². The minimum absolute atomic E-state index is 0.103. The van der Waals surface area contributed by atoms with Gasteiger partial charge in [-0.25, -0.2) is 9.59 Å². The lowest BCUT2D eigenvalue weighted by Gasteiger charge is -2.29. The number of rotatable bonds is 7. The number of carbonyl (C=O) groups is 2. The Hall–Kier alpha value is -3.22. The molecule has 1 aromatic carbocycles. The van der Waals surface area contributed by atoms with Crippen molar-refractivity contribution in [1.82, 2.24) is 0 Å². The van der Waals surface area contributed by atoms with Crippen molar-refractivity contribution >= 4 is 29.8 Å². The summed E-state index contributed by atoms with van der Waals surface area (Å²) < 4.78 is 58.9. The fourth-order valence-corrected chi connectivity index (χ4v) is 2.82. The molecule has 176 valence electrons. The van der Waals surface area contributed by atoms with E-state index in [-0.39, 0.29) is 11.3 Å². The first-order chi connectivity index (χ1) is 14.8. The minimum Gasteiger partial charge on any atom is -0.475 e. The number of alkyl halides is 3. The lowest BCUT2D eigenvalue weighted by atomic mass is 9.96. The maximum atomic E-state index is 13.5. The van der Waals surface area contributed by atoms with Gasteiger partial charge in [-0.1, -0.05) is 11.6 Å². The molecule has 0 fully saturated rings. The second-order valence-electron chi connectivity index (χ2n) is 6.58. The third-order valence-electron chi connectivity index (χ3n) is 4.12. The summed E-state index contributed by atoms with van der Waals surface area (Å²) in [5, 5.41) is 9.34. The topological polar surface area (TPSA) is 123 Å². The highest BCUT2D eigenvalue weighted by Gasteiger charge is 2.49. The SMILES string of the molecule is Cc1cc2c(c(C)c1Cl)C=C(C(=O)OCOC(=O)OC[C@H](C)O[N+](=O)[O-])C(C(F)(F)F)O2. The van der Waals surface area contributed by atoms with Crippen molar-refractivity contribution in [1.29, 1.82) is 0 Å². The predicted octanol–water partition coefficient (Wildman–Crippen LogP) is 3.91. The normalized spacial score (nSPS) is 16.1. The van der Waals surface area contributed by atoms with Crippen molar-refractivity contribution in [2.24, 2.45) is 0 Å². The van der Waals surface area contributed by atoms with Gasteiger partial charge in [-0.15, -0.1) is 10.1 Å². The Bertz CT molecular complexity index is 949. The Morgan fingerprint density at radius 2 is 1.94 bits per heavy atom. The number of esters is 1. The molecule has 0 saturated heterocycles. The van der Waals surface area contributed by atoms with Crippen LogP contribution in [-0.4, -0.2) is 49.0 Å². The maximum Gasteiger partial charge on any atom is 0.511 e. The van der Waals surface area contributed by atoms with E-state index in [2.05, 4.69) is 19.0 Å². The standard InChI is InChI=1S/C18H17ClF3NO9/c1-8-4-13-11(10(3)14(8)19)5-12(15(31-13)18(20,21)22)16(24)29-7-30-17(25)28-6-9(2)32-23(26)27/h4-5,9,15H,6-7H2,1-3H3/t9-,15?/m0/s1. The van der Waals surface area contributed by atoms with Gasteiger partial charge in [0.1, 0.15) is 18.5 Å². The largest absolute Gasteiger partial charge is 0.511 e. The summed E-state index contributed by atoms with van der Waals surface area (Å²) in [4.78, 5) is 37.9. The highest BCUT2D eigenvalue weighted by atomic mass is 35.5. The summed E-state index contributed by atoms with van der Waals surface area (Å²) in [6.45, 7) is 2.74. The zero-order valence-corrected chi connectivity index (χ0v) is 17.6. The second kappa shape index (κ2) is 9.94. The van der Waals surface area contributed by atoms with E-state index in [1.165, 1.54) is 13.0 Å². The van der Waals surface area contributed by atoms with Crippen LogP contribution in [0.3, 0.4) is 0 Å². The molecule has 0 amide bonds. The van der Waals surface area contributed by atoms with Crippen molar-refractivity contribution < 1.29 is 51.6 Å². The molecule has 0 aromatic heterocycles. The number of aryl methyl sites for hydroxylation is 1.